The molecule has 0 radical (unpaired) electrons. The van der Waals surface area contributed by atoms with Crippen LogP contribution in [0.15, 0.2) is 6.07 Å². The molecule has 4 nitrogen and oxygen atoms in total. The largest absolute Gasteiger partial charge is 0.398 e. The molecule has 1 aromatic rings. The Balaban J connectivity index is 2.29. The quantitative estimate of drug-likeness (QED) is 0.745. The minimum absolute atomic E-state index is 0.0145. The molecule has 0 aliphatic carbocycles. The number of thiophene rings is 1. The fourth-order valence-electron chi connectivity index (χ4n) is 1.74. The van der Waals surface area contributed by atoms with Gasteiger partial charge in [0.1, 0.15) is 0 Å². The molecular weight excluding hydrogens is 246 g/mol. The van der Waals surface area contributed by atoms with E-state index in [0.29, 0.717) is 17.1 Å². The highest BCUT2D eigenvalue weighted by Crippen LogP contribution is 2.22. The van der Waals surface area contributed by atoms with Crippen molar-refractivity contribution in [3.63, 3.8) is 0 Å². The summed E-state index contributed by atoms with van der Waals surface area (Å²) in [4.78, 5) is 15.9. The highest BCUT2D eigenvalue weighted by molar-refractivity contribution is 7.14. The molecule has 0 aliphatic heterocycles. The summed E-state index contributed by atoms with van der Waals surface area (Å²) in [6, 6.07) is 1.75. The van der Waals surface area contributed by atoms with E-state index in [0.717, 1.165) is 30.9 Å². The number of hydrogen-bond acceptors (Lipinski definition) is 4. The SMILES string of the molecule is CCN(CC)CCCNC(=O)c1cc(N)c(C)s1. The normalized spacial score (nSPS) is 10.9. The zero-order chi connectivity index (χ0) is 13.5. The first-order valence-electron chi connectivity index (χ1n) is 6.44. The Morgan fingerprint density at radius 2 is 2.11 bits per heavy atom. The molecule has 0 saturated heterocycles. The molecule has 0 bridgehead atoms. The van der Waals surface area contributed by atoms with Crippen LogP contribution in [0.3, 0.4) is 0 Å². The number of anilines is 1. The highest BCUT2D eigenvalue weighted by Gasteiger charge is 2.10. The lowest BCUT2D eigenvalue weighted by molar-refractivity contribution is 0.0956. The number of carbonyl (C=O) groups is 1. The van der Waals surface area contributed by atoms with Gasteiger partial charge in [0.2, 0.25) is 0 Å². The molecule has 1 amide bonds. The summed E-state index contributed by atoms with van der Waals surface area (Å²) in [7, 11) is 0. The number of carbonyl (C=O) groups excluding carboxylic acids is 1. The maximum Gasteiger partial charge on any atom is 0.261 e. The fourth-order valence-corrected chi connectivity index (χ4v) is 2.60. The van der Waals surface area contributed by atoms with Gasteiger partial charge in [0.05, 0.1) is 4.88 Å². The van der Waals surface area contributed by atoms with E-state index in [1.807, 2.05) is 6.92 Å². The summed E-state index contributed by atoms with van der Waals surface area (Å²) >= 11 is 1.45. The summed E-state index contributed by atoms with van der Waals surface area (Å²) < 4.78 is 0. The van der Waals surface area contributed by atoms with Gasteiger partial charge in [0.15, 0.2) is 0 Å². The van der Waals surface area contributed by atoms with Gasteiger partial charge in [-0.25, -0.2) is 0 Å². The molecule has 1 aromatic heterocycles. The van der Waals surface area contributed by atoms with Crippen LogP contribution < -0.4 is 11.1 Å². The molecule has 102 valence electrons. The molecule has 5 heteroatoms. The van der Waals surface area contributed by atoms with Crippen molar-refractivity contribution in [3.05, 3.63) is 15.8 Å². The Labute approximate surface area is 113 Å². The summed E-state index contributed by atoms with van der Waals surface area (Å²) in [6.45, 7) is 10.1. The van der Waals surface area contributed by atoms with E-state index in [4.69, 9.17) is 5.73 Å². The van der Waals surface area contributed by atoms with Crippen LogP contribution in [0.4, 0.5) is 5.69 Å². The van der Waals surface area contributed by atoms with E-state index >= 15 is 0 Å². The van der Waals surface area contributed by atoms with Gasteiger partial charge < -0.3 is 16.0 Å². The van der Waals surface area contributed by atoms with Crippen molar-refractivity contribution in [3.8, 4) is 0 Å². The van der Waals surface area contributed by atoms with Crippen LogP contribution >= 0.6 is 11.3 Å². The molecule has 1 rings (SSSR count). The molecule has 0 fully saturated rings. The fraction of sp³-hybridized carbons (Fsp3) is 0.615. The van der Waals surface area contributed by atoms with Gasteiger partial charge in [-0.1, -0.05) is 13.8 Å². The molecule has 0 aliphatic rings. The average Bonchev–Trinajstić information content (AvgIpc) is 2.70. The van der Waals surface area contributed by atoms with E-state index in [2.05, 4.69) is 24.1 Å². The summed E-state index contributed by atoms with van der Waals surface area (Å²) in [6.07, 6.45) is 0.979. The molecule has 0 saturated carbocycles. The number of nitrogen functional groups attached to an aromatic ring is 1. The molecule has 1 heterocycles. The summed E-state index contributed by atoms with van der Waals surface area (Å²) in [5, 5.41) is 2.93. The minimum Gasteiger partial charge on any atom is -0.398 e. The van der Waals surface area contributed by atoms with Crippen LogP contribution in [-0.4, -0.2) is 37.0 Å². The molecular formula is C13H23N3OS. The third-order valence-electron chi connectivity index (χ3n) is 3.01. The van der Waals surface area contributed by atoms with Crippen LogP contribution in [0.25, 0.3) is 0 Å². The van der Waals surface area contributed by atoms with E-state index < -0.39 is 0 Å². The first-order valence-corrected chi connectivity index (χ1v) is 7.26. The number of nitrogens with one attached hydrogen (secondary N) is 1. The Morgan fingerprint density at radius 1 is 1.44 bits per heavy atom. The van der Waals surface area contributed by atoms with Crippen LogP contribution in [0.2, 0.25) is 0 Å². The highest BCUT2D eigenvalue weighted by atomic mass is 32.1. The van der Waals surface area contributed by atoms with Gasteiger partial charge in [-0.3, -0.25) is 4.79 Å². The van der Waals surface area contributed by atoms with Crippen molar-refractivity contribution in [2.45, 2.75) is 27.2 Å². The zero-order valence-corrected chi connectivity index (χ0v) is 12.3. The number of nitrogens with two attached hydrogens (primary N) is 1. The molecule has 0 atom stereocenters. The maximum absolute atomic E-state index is 11.8. The summed E-state index contributed by atoms with van der Waals surface area (Å²) in [5.41, 5.74) is 6.43. The molecule has 18 heavy (non-hydrogen) atoms. The first kappa shape index (κ1) is 15.0. The third kappa shape index (κ3) is 4.31. The van der Waals surface area contributed by atoms with Crippen molar-refractivity contribution in [1.82, 2.24) is 10.2 Å². The lowest BCUT2D eigenvalue weighted by Gasteiger charge is -2.17. The number of amides is 1. The smallest absolute Gasteiger partial charge is 0.261 e. The Kier molecular flexibility index (Phi) is 6.15. The monoisotopic (exact) mass is 269 g/mol. The molecule has 0 spiro atoms. The van der Waals surface area contributed by atoms with Crippen LogP contribution in [0.5, 0.6) is 0 Å². The van der Waals surface area contributed by atoms with Crippen LogP contribution in [0, 0.1) is 6.92 Å². The Bertz CT molecular complexity index is 366. The van der Waals surface area contributed by atoms with Gasteiger partial charge in [0, 0.05) is 17.1 Å². The van der Waals surface area contributed by atoms with Gasteiger partial charge >= 0.3 is 0 Å². The van der Waals surface area contributed by atoms with E-state index in [9.17, 15) is 4.79 Å². The number of nitrogens with zero attached hydrogens (tertiary/aromatic N) is 1. The van der Waals surface area contributed by atoms with Crippen molar-refractivity contribution < 1.29 is 4.79 Å². The Morgan fingerprint density at radius 3 is 2.61 bits per heavy atom. The standard InChI is InChI=1S/C13H23N3OS/c1-4-16(5-2)8-6-7-15-13(17)12-9-11(14)10(3)18-12/h9H,4-8,14H2,1-3H3,(H,15,17). The second kappa shape index (κ2) is 7.38. The van der Waals surface area contributed by atoms with Crippen LogP contribution in [-0.2, 0) is 0 Å². The van der Waals surface area contributed by atoms with Crippen molar-refractivity contribution in [1.29, 1.82) is 0 Å². The third-order valence-corrected chi connectivity index (χ3v) is 4.08. The predicted octanol–water partition coefficient (Wildman–Crippen LogP) is 2.10. The number of rotatable bonds is 7. The minimum atomic E-state index is -0.0145. The Hall–Kier alpha value is -1.07. The van der Waals surface area contributed by atoms with Crippen LogP contribution in [0.1, 0.15) is 34.8 Å². The van der Waals surface area contributed by atoms with Gasteiger partial charge in [-0.2, -0.15) is 0 Å². The summed E-state index contributed by atoms with van der Waals surface area (Å²) in [5.74, 6) is -0.0145. The predicted molar refractivity (Wildman–Crippen MR) is 78.2 cm³/mol. The number of hydrogen-bond donors (Lipinski definition) is 2. The molecule has 3 N–H and O–H groups in total. The van der Waals surface area contributed by atoms with Gasteiger partial charge in [-0.15, -0.1) is 11.3 Å². The molecule has 0 aromatic carbocycles. The van der Waals surface area contributed by atoms with E-state index in [-0.39, 0.29) is 5.91 Å². The van der Waals surface area contributed by atoms with Crippen molar-refractivity contribution >= 4 is 22.9 Å². The first-order chi connectivity index (χ1) is 8.58. The van der Waals surface area contributed by atoms with Crippen molar-refractivity contribution in [2.24, 2.45) is 0 Å². The van der Waals surface area contributed by atoms with Gasteiger partial charge in [-0.05, 0) is 39.0 Å². The second-order valence-electron chi connectivity index (χ2n) is 4.26. The van der Waals surface area contributed by atoms with Crippen molar-refractivity contribution in [2.75, 3.05) is 31.9 Å². The van der Waals surface area contributed by atoms with E-state index in [1.165, 1.54) is 11.3 Å². The lowest BCUT2D eigenvalue weighted by Crippen LogP contribution is -2.29. The zero-order valence-electron chi connectivity index (χ0n) is 11.5. The lowest BCUT2D eigenvalue weighted by atomic mass is 10.3. The van der Waals surface area contributed by atoms with E-state index in [1.54, 1.807) is 6.07 Å². The molecule has 0 unspecified atom stereocenters. The maximum atomic E-state index is 11.8. The average molecular weight is 269 g/mol. The second-order valence-corrected chi connectivity index (χ2v) is 5.51. The number of aryl methyl sites for hydroxylation is 1. The van der Waals surface area contributed by atoms with Gasteiger partial charge in [0.25, 0.3) is 5.91 Å². The topological polar surface area (TPSA) is 58.4 Å².